The molecule has 0 saturated heterocycles. The lowest BCUT2D eigenvalue weighted by Crippen LogP contribution is -2.76. The predicted octanol–water partition coefficient (Wildman–Crippen LogP) is 2.81. The maximum absolute atomic E-state index is 12.2. The third kappa shape index (κ3) is 2.98. The van der Waals surface area contributed by atoms with Gasteiger partial charge in [-0.3, -0.25) is 4.79 Å². The molecule has 0 aliphatic heterocycles. The maximum Gasteiger partial charge on any atom is 0.220 e. The summed E-state index contributed by atoms with van der Waals surface area (Å²) in [6.07, 6.45) is 1.31. The first-order chi connectivity index (χ1) is 9.65. The number of carbonyl (C=O) groups excluding carboxylic acids is 1. The van der Waals surface area contributed by atoms with Gasteiger partial charge in [0.2, 0.25) is 5.91 Å². The highest BCUT2D eigenvalue weighted by molar-refractivity contribution is 5.77. The summed E-state index contributed by atoms with van der Waals surface area (Å²) in [7, 11) is 0. The van der Waals surface area contributed by atoms with Gasteiger partial charge in [0, 0.05) is 29.3 Å². The molecule has 3 nitrogen and oxygen atoms in total. The van der Waals surface area contributed by atoms with Gasteiger partial charge in [-0.05, 0) is 18.9 Å². The highest BCUT2D eigenvalue weighted by Gasteiger charge is 2.60. The zero-order valence-corrected chi connectivity index (χ0v) is 13.9. The summed E-state index contributed by atoms with van der Waals surface area (Å²) in [4.78, 5) is 12.2. The summed E-state index contributed by atoms with van der Waals surface area (Å²) in [5.74, 6) is 0.120. The van der Waals surface area contributed by atoms with E-state index in [2.05, 4.69) is 58.1 Å². The van der Waals surface area contributed by atoms with Crippen LogP contribution in [0.3, 0.4) is 0 Å². The van der Waals surface area contributed by atoms with Crippen LogP contribution in [0.15, 0.2) is 24.3 Å². The third-order valence-corrected chi connectivity index (χ3v) is 5.12. The number of benzene rings is 1. The number of amides is 1. The van der Waals surface area contributed by atoms with E-state index in [1.54, 1.807) is 0 Å². The fourth-order valence-electron chi connectivity index (χ4n) is 3.91. The summed E-state index contributed by atoms with van der Waals surface area (Å²) in [5.41, 5.74) is 8.61. The van der Waals surface area contributed by atoms with E-state index in [-0.39, 0.29) is 28.8 Å². The highest BCUT2D eigenvalue weighted by Crippen LogP contribution is 2.52. The molecule has 3 heteroatoms. The van der Waals surface area contributed by atoms with Crippen molar-refractivity contribution in [2.45, 2.75) is 59.5 Å². The summed E-state index contributed by atoms with van der Waals surface area (Å²) < 4.78 is 0. The first-order valence-electron chi connectivity index (χ1n) is 7.76. The van der Waals surface area contributed by atoms with Crippen molar-refractivity contribution in [3.8, 4) is 0 Å². The molecule has 116 valence electrons. The Morgan fingerprint density at radius 1 is 1.24 bits per heavy atom. The van der Waals surface area contributed by atoms with Crippen LogP contribution in [0, 0.1) is 17.8 Å². The van der Waals surface area contributed by atoms with Gasteiger partial charge in [0.1, 0.15) is 0 Å². The molecule has 0 bridgehead atoms. The van der Waals surface area contributed by atoms with Gasteiger partial charge in [-0.15, -0.1) is 0 Å². The van der Waals surface area contributed by atoms with Crippen LogP contribution in [0.1, 0.15) is 45.2 Å². The van der Waals surface area contributed by atoms with Crippen LogP contribution in [0.25, 0.3) is 0 Å². The Hall–Kier alpha value is -1.35. The van der Waals surface area contributed by atoms with Gasteiger partial charge in [-0.1, -0.05) is 57.5 Å². The Morgan fingerprint density at radius 3 is 2.43 bits per heavy atom. The summed E-state index contributed by atoms with van der Waals surface area (Å²) in [6, 6.07) is 8.59. The first-order valence-corrected chi connectivity index (χ1v) is 7.76. The molecule has 1 aromatic carbocycles. The predicted molar refractivity (Wildman–Crippen MR) is 87.0 cm³/mol. The van der Waals surface area contributed by atoms with Gasteiger partial charge in [-0.2, -0.15) is 0 Å². The van der Waals surface area contributed by atoms with E-state index in [4.69, 9.17) is 5.73 Å². The van der Waals surface area contributed by atoms with E-state index in [1.807, 2.05) is 6.07 Å². The van der Waals surface area contributed by atoms with Crippen LogP contribution < -0.4 is 11.1 Å². The number of aryl methyl sites for hydroxylation is 2. The Morgan fingerprint density at radius 2 is 1.86 bits per heavy atom. The van der Waals surface area contributed by atoms with Gasteiger partial charge in [-0.25, -0.2) is 0 Å². The minimum atomic E-state index is -0.0392. The molecular formula is C18H28N2O. The highest BCUT2D eigenvalue weighted by atomic mass is 16.1. The van der Waals surface area contributed by atoms with Crippen LogP contribution >= 0.6 is 0 Å². The van der Waals surface area contributed by atoms with Crippen molar-refractivity contribution in [2.24, 2.45) is 16.6 Å². The molecule has 1 aliphatic carbocycles. The molecule has 1 fully saturated rings. The van der Waals surface area contributed by atoms with E-state index in [1.165, 1.54) is 11.1 Å². The van der Waals surface area contributed by atoms with Gasteiger partial charge in [0.15, 0.2) is 0 Å². The monoisotopic (exact) mass is 288 g/mol. The summed E-state index contributed by atoms with van der Waals surface area (Å²) >= 11 is 0. The lowest BCUT2D eigenvalue weighted by molar-refractivity contribution is -0.132. The molecule has 0 radical (unpaired) electrons. The molecule has 1 amide bonds. The second kappa shape index (κ2) is 5.45. The lowest BCUT2D eigenvalue weighted by Gasteiger charge is -2.62. The zero-order valence-electron chi connectivity index (χ0n) is 13.9. The molecule has 0 heterocycles. The van der Waals surface area contributed by atoms with E-state index >= 15 is 0 Å². The van der Waals surface area contributed by atoms with Crippen LogP contribution in [0.2, 0.25) is 0 Å². The van der Waals surface area contributed by atoms with Gasteiger partial charge < -0.3 is 11.1 Å². The van der Waals surface area contributed by atoms with Crippen LogP contribution in [-0.4, -0.2) is 18.0 Å². The second-order valence-corrected chi connectivity index (χ2v) is 7.61. The van der Waals surface area contributed by atoms with Gasteiger partial charge in [0.25, 0.3) is 0 Å². The van der Waals surface area contributed by atoms with Crippen molar-refractivity contribution in [3.63, 3.8) is 0 Å². The molecule has 21 heavy (non-hydrogen) atoms. The van der Waals surface area contributed by atoms with Crippen molar-refractivity contribution in [2.75, 3.05) is 0 Å². The fraction of sp³-hybridized carbons (Fsp3) is 0.611. The average molecular weight is 288 g/mol. The minimum Gasteiger partial charge on any atom is -0.352 e. The van der Waals surface area contributed by atoms with Gasteiger partial charge >= 0.3 is 0 Å². The average Bonchev–Trinajstić information content (AvgIpc) is 2.41. The van der Waals surface area contributed by atoms with E-state index in [9.17, 15) is 4.79 Å². The van der Waals surface area contributed by atoms with Crippen molar-refractivity contribution >= 4 is 5.91 Å². The summed E-state index contributed by atoms with van der Waals surface area (Å²) in [5, 5.41) is 3.19. The number of hydrogen-bond donors (Lipinski definition) is 2. The number of rotatable bonds is 4. The van der Waals surface area contributed by atoms with Crippen LogP contribution in [0.5, 0.6) is 0 Å². The second-order valence-electron chi connectivity index (χ2n) is 7.61. The van der Waals surface area contributed by atoms with Crippen molar-refractivity contribution in [1.29, 1.82) is 0 Å². The number of hydrogen-bond acceptors (Lipinski definition) is 2. The molecule has 1 aromatic rings. The Bertz CT molecular complexity index is 518. The van der Waals surface area contributed by atoms with E-state index in [0.717, 1.165) is 6.42 Å². The quantitative estimate of drug-likeness (QED) is 0.895. The molecule has 2 rings (SSSR count). The summed E-state index contributed by atoms with van der Waals surface area (Å²) in [6.45, 7) is 10.6. The smallest absolute Gasteiger partial charge is 0.220 e. The largest absolute Gasteiger partial charge is 0.352 e. The fourth-order valence-corrected chi connectivity index (χ4v) is 3.91. The number of nitrogens with two attached hydrogens (primary N) is 1. The molecule has 1 saturated carbocycles. The molecule has 0 atom stereocenters. The maximum atomic E-state index is 12.2. The lowest BCUT2D eigenvalue weighted by atomic mass is 9.48. The molecule has 3 N–H and O–H groups in total. The standard InChI is InChI=1S/C18H28N2O/c1-12-7-6-8-13(11-12)9-10-14(21)20-16-17(2,3)15(19)18(16,4)5/h6-8,11,15-16H,9-10,19H2,1-5H3,(H,20,21). The normalized spacial score (nSPS) is 26.0. The Labute approximate surface area is 128 Å². The van der Waals surface area contributed by atoms with Crippen LogP contribution in [0.4, 0.5) is 0 Å². The first kappa shape index (κ1) is 16.0. The topological polar surface area (TPSA) is 55.1 Å². The number of carbonyl (C=O) groups is 1. The Kier molecular flexibility index (Phi) is 4.16. The van der Waals surface area contributed by atoms with Crippen molar-refractivity contribution in [3.05, 3.63) is 35.4 Å². The van der Waals surface area contributed by atoms with Crippen molar-refractivity contribution < 1.29 is 4.79 Å². The SMILES string of the molecule is Cc1cccc(CCC(=O)NC2C(C)(C)C(N)C2(C)C)c1. The molecular weight excluding hydrogens is 260 g/mol. The Balaban J connectivity index is 1.91. The minimum absolute atomic E-state index is 0.0392. The molecule has 0 spiro atoms. The van der Waals surface area contributed by atoms with E-state index < -0.39 is 0 Å². The van der Waals surface area contributed by atoms with Gasteiger partial charge in [0.05, 0.1) is 0 Å². The zero-order chi connectivity index (χ0) is 15.8. The number of nitrogens with one attached hydrogen (secondary N) is 1. The third-order valence-electron chi connectivity index (χ3n) is 5.12. The van der Waals surface area contributed by atoms with Crippen LogP contribution in [-0.2, 0) is 11.2 Å². The molecule has 0 unspecified atom stereocenters. The van der Waals surface area contributed by atoms with E-state index in [0.29, 0.717) is 6.42 Å². The molecule has 0 aromatic heterocycles. The van der Waals surface area contributed by atoms with Crippen molar-refractivity contribution in [1.82, 2.24) is 5.32 Å². The molecule has 1 aliphatic rings.